The molecule has 4 nitrogen and oxygen atoms in total. The van der Waals surface area contributed by atoms with Crippen LogP contribution in [0.1, 0.15) is 5.56 Å². The van der Waals surface area contributed by atoms with E-state index in [2.05, 4.69) is 11.1 Å². The third-order valence-corrected chi connectivity index (χ3v) is 2.78. The van der Waals surface area contributed by atoms with Crippen LogP contribution in [0.4, 0.5) is 0 Å². The van der Waals surface area contributed by atoms with Gasteiger partial charge in [-0.1, -0.05) is 12.1 Å². The van der Waals surface area contributed by atoms with Crippen molar-refractivity contribution in [3.63, 3.8) is 0 Å². The second-order valence-electron chi connectivity index (χ2n) is 3.85. The van der Waals surface area contributed by atoms with Gasteiger partial charge in [-0.25, -0.2) is 4.98 Å². The van der Waals surface area contributed by atoms with Gasteiger partial charge in [-0.15, -0.1) is 0 Å². The van der Waals surface area contributed by atoms with Crippen molar-refractivity contribution in [3.8, 4) is 22.9 Å². The highest BCUT2D eigenvalue weighted by Crippen LogP contribution is 2.35. The van der Waals surface area contributed by atoms with Crippen LogP contribution in [0.25, 0.3) is 22.2 Å². The molecule has 1 aromatic heterocycles. The van der Waals surface area contributed by atoms with E-state index in [0.717, 1.165) is 5.56 Å². The molecule has 1 heterocycles. The average Bonchev–Trinajstić information content (AvgIpc) is 2.87. The summed E-state index contributed by atoms with van der Waals surface area (Å²) in [6, 6.07) is 12.3. The molecule has 1 N–H and O–H groups in total. The summed E-state index contributed by atoms with van der Waals surface area (Å²) in [4.78, 5) is 4.05. The first-order chi connectivity index (χ1) is 8.79. The minimum absolute atomic E-state index is 0.129. The van der Waals surface area contributed by atoms with Gasteiger partial charge in [0, 0.05) is 0 Å². The first kappa shape index (κ1) is 10.4. The molecule has 0 bridgehead atoms. The van der Waals surface area contributed by atoms with Crippen molar-refractivity contribution in [1.82, 2.24) is 4.98 Å². The molecule has 0 atom stereocenters. The highest BCUT2D eigenvalue weighted by atomic mass is 16.3. The number of aromatic nitrogens is 1. The van der Waals surface area contributed by atoms with Gasteiger partial charge in [0.05, 0.1) is 17.2 Å². The van der Waals surface area contributed by atoms with Gasteiger partial charge in [0.1, 0.15) is 11.3 Å². The molecule has 0 aliphatic rings. The number of oxazole rings is 1. The van der Waals surface area contributed by atoms with Gasteiger partial charge < -0.3 is 9.52 Å². The van der Waals surface area contributed by atoms with E-state index in [1.54, 1.807) is 36.4 Å². The van der Waals surface area contributed by atoms with Gasteiger partial charge in [-0.3, -0.25) is 0 Å². The smallest absolute Gasteiger partial charge is 0.182 e. The Morgan fingerprint density at radius 1 is 1.11 bits per heavy atom. The summed E-state index contributed by atoms with van der Waals surface area (Å²) in [7, 11) is 0. The molecule has 18 heavy (non-hydrogen) atoms. The SMILES string of the molecule is N#Cc1ccc(-c2c(O)ccc3ncoc23)cc1. The molecule has 0 spiro atoms. The summed E-state index contributed by atoms with van der Waals surface area (Å²) in [6.45, 7) is 0. The fraction of sp³-hybridized carbons (Fsp3) is 0. The van der Waals surface area contributed by atoms with Crippen molar-refractivity contribution in [3.05, 3.63) is 48.4 Å². The standard InChI is InChI=1S/C14H8N2O2/c15-7-9-1-3-10(4-2-9)13-12(17)6-5-11-14(13)18-8-16-11/h1-6,8,17H. The zero-order chi connectivity index (χ0) is 12.5. The highest BCUT2D eigenvalue weighted by molar-refractivity contribution is 5.93. The number of rotatable bonds is 1. The molecule has 0 aliphatic carbocycles. The van der Waals surface area contributed by atoms with Gasteiger partial charge in [-0.2, -0.15) is 5.26 Å². The van der Waals surface area contributed by atoms with E-state index < -0.39 is 0 Å². The number of phenols is 1. The molecule has 0 amide bonds. The van der Waals surface area contributed by atoms with Crippen LogP contribution in [-0.2, 0) is 0 Å². The first-order valence-electron chi connectivity index (χ1n) is 5.35. The van der Waals surface area contributed by atoms with Crippen LogP contribution in [0.2, 0.25) is 0 Å². The first-order valence-corrected chi connectivity index (χ1v) is 5.35. The van der Waals surface area contributed by atoms with Crippen LogP contribution >= 0.6 is 0 Å². The molecule has 0 aliphatic heterocycles. The number of phenolic OH excluding ortho intramolecular Hbond substituents is 1. The van der Waals surface area contributed by atoms with Crippen LogP contribution in [0.5, 0.6) is 5.75 Å². The molecule has 0 radical (unpaired) electrons. The molecule has 0 fully saturated rings. The molecular weight excluding hydrogens is 228 g/mol. The Bertz CT molecular complexity index is 752. The monoisotopic (exact) mass is 236 g/mol. The highest BCUT2D eigenvalue weighted by Gasteiger charge is 2.12. The van der Waals surface area contributed by atoms with E-state index in [1.807, 2.05) is 0 Å². The third kappa shape index (κ3) is 1.50. The van der Waals surface area contributed by atoms with Gasteiger partial charge >= 0.3 is 0 Å². The molecule has 4 heteroatoms. The Morgan fingerprint density at radius 2 is 1.89 bits per heavy atom. The summed E-state index contributed by atoms with van der Waals surface area (Å²) in [6.07, 6.45) is 1.34. The second-order valence-corrected chi connectivity index (χ2v) is 3.85. The summed E-state index contributed by atoms with van der Waals surface area (Å²) >= 11 is 0. The summed E-state index contributed by atoms with van der Waals surface area (Å²) in [5.41, 5.74) is 3.18. The number of aromatic hydroxyl groups is 1. The molecule has 3 aromatic rings. The Balaban J connectivity index is 2.27. The molecule has 0 unspecified atom stereocenters. The third-order valence-electron chi connectivity index (χ3n) is 2.78. The van der Waals surface area contributed by atoms with Crippen LogP contribution in [0.15, 0.2) is 47.2 Å². The lowest BCUT2D eigenvalue weighted by molar-refractivity contribution is 0.476. The minimum atomic E-state index is 0.129. The Kier molecular flexibility index (Phi) is 2.24. The van der Waals surface area contributed by atoms with Crippen LogP contribution in [-0.4, -0.2) is 10.1 Å². The predicted molar refractivity (Wildman–Crippen MR) is 65.8 cm³/mol. The Morgan fingerprint density at radius 3 is 2.61 bits per heavy atom. The van der Waals surface area contributed by atoms with Crippen LogP contribution in [0, 0.1) is 11.3 Å². The molecule has 0 saturated carbocycles. The lowest BCUT2D eigenvalue weighted by Crippen LogP contribution is -1.82. The number of hydrogen-bond acceptors (Lipinski definition) is 4. The topological polar surface area (TPSA) is 70.0 Å². The summed E-state index contributed by atoms with van der Waals surface area (Å²) in [5, 5.41) is 18.7. The molecular formula is C14H8N2O2. The number of fused-ring (bicyclic) bond motifs is 1. The predicted octanol–water partition coefficient (Wildman–Crippen LogP) is 3.07. The normalized spacial score (nSPS) is 10.4. The van der Waals surface area contributed by atoms with Crippen molar-refractivity contribution >= 4 is 11.1 Å². The van der Waals surface area contributed by atoms with Gasteiger partial charge in [0.2, 0.25) is 0 Å². The second kappa shape index (κ2) is 3.90. The van der Waals surface area contributed by atoms with Crippen molar-refractivity contribution < 1.29 is 9.52 Å². The summed E-state index contributed by atoms with van der Waals surface area (Å²) in [5.74, 6) is 0.129. The maximum Gasteiger partial charge on any atom is 0.182 e. The van der Waals surface area contributed by atoms with E-state index in [-0.39, 0.29) is 5.75 Å². The molecule has 2 aromatic carbocycles. The van der Waals surface area contributed by atoms with Gasteiger partial charge in [0.15, 0.2) is 12.0 Å². The van der Waals surface area contributed by atoms with Crippen molar-refractivity contribution in [2.75, 3.05) is 0 Å². The van der Waals surface area contributed by atoms with Crippen molar-refractivity contribution in [2.24, 2.45) is 0 Å². The fourth-order valence-corrected chi connectivity index (χ4v) is 1.91. The molecule has 0 saturated heterocycles. The zero-order valence-corrected chi connectivity index (χ0v) is 9.29. The van der Waals surface area contributed by atoms with E-state index in [4.69, 9.17) is 9.68 Å². The number of benzene rings is 2. The molecule has 86 valence electrons. The van der Waals surface area contributed by atoms with E-state index in [9.17, 15) is 5.11 Å². The Labute approximate surface area is 103 Å². The van der Waals surface area contributed by atoms with Crippen molar-refractivity contribution in [1.29, 1.82) is 5.26 Å². The minimum Gasteiger partial charge on any atom is -0.507 e. The maximum absolute atomic E-state index is 9.95. The number of hydrogen-bond donors (Lipinski definition) is 1. The number of nitrogens with zero attached hydrogens (tertiary/aromatic N) is 2. The summed E-state index contributed by atoms with van der Waals surface area (Å²) < 4.78 is 5.30. The van der Waals surface area contributed by atoms with E-state index in [1.165, 1.54) is 6.39 Å². The Hall–Kier alpha value is -2.80. The van der Waals surface area contributed by atoms with Gasteiger partial charge in [-0.05, 0) is 29.8 Å². The van der Waals surface area contributed by atoms with E-state index >= 15 is 0 Å². The number of nitriles is 1. The average molecular weight is 236 g/mol. The fourth-order valence-electron chi connectivity index (χ4n) is 1.91. The zero-order valence-electron chi connectivity index (χ0n) is 9.29. The maximum atomic E-state index is 9.95. The quantitative estimate of drug-likeness (QED) is 0.704. The van der Waals surface area contributed by atoms with E-state index in [0.29, 0.717) is 22.2 Å². The van der Waals surface area contributed by atoms with Crippen LogP contribution < -0.4 is 0 Å². The molecule has 3 rings (SSSR count). The van der Waals surface area contributed by atoms with Gasteiger partial charge in [0.25, 0.3) is 0 Å². The van der Waals surface area contributed by atoms with Crippen LogP contribution in [0.3, 0.4) is 0 Å². The van der Waals surface area contributed by atoms with Crippen molar-refractivity contribution in [2.45, 2.75) is 0 Å². The largest absolute Gasteiger partial charge is 0.507 e. The lowest BCUT2D eigenvalue weighted by atomic mass is 10.0. The lowest BCUT2D eigenvalue weighted by Gasteiger charge is -2.05.